The fraction of sp³-hybridized carbons (Fsp3) is 0.243. The fourth-order valence-electron chi connectivity index (χ4n) is 5.99. The number of esters is 1. The number of phenols is 1. The van der Waals surface area contributed by atoms with Gasteiger partial charge in [-0.1, -0.05) is 60.7 Å². The number of benzene rings is 3. The molecule has 2 aromatic heterocycles. The highest BCUT2D eigenvalue weighted by Crippen LogP contribution is 2.30. The van der Waals surface area contributed by atoms with Crippen molar-refractivity contribution in [3.8, 4) is 5.75 Å². The zero-order valence-electron chi connectivity index (χ0n) is 26.5. The van der Waals surface area contributed by atoms with E-state index in [0.717, 1.165) is 0 Å². The first-order valence-electron chi connectivity index (χ1n) is 15.9. The van der Waals surface area contributed by atoms with Crippen LogP contribution in [0.1, 0.15) is 44.9 Å². The molecule has 3 heterocycles. The lowest BCUT2D eigenvalue weighted by Crippen LogP contribution is -2.56. The van der Waals surface area contributed by atoms with Crippen LogP contribution < -0.4 is 5.32 Å². The number of phenolic OH excluding ortho intramolecular Hbond substituents is 1. The molecule has 1 fully saturated rings. The summed E-state index contributed by atoms with van der Waals surface area (Å²) in [5.74, 6) is -0.932. The Balaban J connectivity index is 1.21. The van der Waals surface area contributed by atoms with Crippen LogP contribution in [0.2, 0.25) is 0 Å². The lowest BCUT2D eigenvalue weighted by molar-refractivity contribution is -0.134. The number of H-pyrrole nitrogens is 1. The third kappa shape index (κ3) is 7.53. The van der Waals surface area contributed by atoms with Gasteiger partial charge in [-0.25, -0.2) is 9.78 Å². The largest absolute Gasteiger partial charge is 0.508 e. The van der Waals surface area contributed by atoms with E-state index in [4.69, 9.17) is 4.74 Å². The molecule has 0 spiro atoms. The van der Waals surface area contributed by atoms with Gasteiger partial charge >= 0.3 is 5.97 Å². The van der Waals surface area contributed by atoms with Gasteiger partial charge in [0, 0.05) is 49.0 Å². The molecule has 0 aliphatic carbocycles. The number of carbonyl (C=O) groups is 3. The smallest absolute Gasteiger partial charge is 0.340 e. The minimum absolute atomic E-state index is 0.0441. The molecule has 0 unspecified atom stereocenters. The van der Waals surface area contributed by atoms with E-state index in [-0.39, 0.29) is 35.8 Å². The minimum Gasteiger partial charge on any atom is -0.508 e. The van der Waals surface area contributed by atoms with Crippen molar-refractivity contribution in [2.45, 2.75) is 24.0 Å². The zero-order valence-corrected chi connectivity index (χ0v) is 27.4. The van der Waals surface area contributed by atoms with Crippen LogP contribution in [0.3, 0.4) is 0 Å². The second-order valence-electron chi connectivity index (χ2n) is 11.5. The number of rotatable bonds is 11. The average molecular weight is 664 g/mol. The van der Waals surface area contributed by atoms with Crippen LogP contribution >= 0.6 is 11.8 Å². The van der Waals surface area contributed by atoms with Crippen LogP contribution in [0.5, 0.6) is 5.75 Å². The molecule has 2 amide bonds. The van der Waals surface area contributed by atoms with Crippen molar-refractivity contribution >= 4 is 40.4 Å². The molecule has 11 heteroatoms. The summed E-state index contributed by atoms with van der Waals surface area (Å²) < 4.78 is 5.21. The normalized spacial score (nSPS) is 14.2. The molecule has 3 N–H and O–H groups in total. The number of nitrogens with zero attached hydrogens (tertiary/aromatic N) is 3. The highest BCUT2D eigenvalue weighted by Gasteiger charge is 2.33. The molecule has 1 aliphatic rings. The maximum atomic E-state index is 14.2. The number of carbonyl (C=O) groups excluding carboxylic acids is 3. The number of ether oxygens (including phenoxy) is 1. The molecule has 6 rings (SSSR count). The molecule has 3 aromatic carbocycles. The Labute approximate surface area is 283 Å². The SMILES string of the molecule is CCOC(=O)c1cccnc1SC[C@H](NC(=O)c1cc2cc(O)ccc2[nH]1)C(=O)N1CCN(C(c2ccccc2)c2ccccc2)CC1. The summed E-state index contributed by atoms with van der Waals surface area (Å²) in [4.78, 5) is 51.9. The number of thioether (sulfide) groups is 1. The van der Waals surface area contributed by atoms with Gasteiger partial charge in [-0.3, -0.25) is 14.5 Å². The number of piperazine rings is 1. The molecule has 1 atom stereocenters. The molecular weight excluding hydrogens is 627 g/mol. The van der Waals surface area contributed by atoms with Crippen molar-refractivity contribution < 1.29 is 24.2 Å². The first-order valence-corrected chi connectivity index (χ1v) is 16.9. The van der Waals surface area contributed by atoms with Crippen molar-refractivity contribution in [1.29, 1.82) is 0 Å². The molecule has 48 heavy (non-hydrogen) atoms. The van der Waals surface area contributed by atoms with Gasteiger partial charge in [-0.2, -0.15) is 0 Å². The van der Waals surface area contributed by atoms with Gasteiger partial charge < -0.3 is 25.0 Å². The second-order valence-corrected chi connectivity index (χ2v) is 12.5. The highest BCUT2D eigenvalue weighted by molar-refractivity contribution is 7.99. The maximum Gasteiger partial charge on any atom is 0.340 e. The quantitative estimate of drug-likeness (QED) is 0.129. The number of fused-ring (bicyclic) bond motifs is 1. The van der Waals surface area contributed by atoms with Gasteiger partial charge in [-0.15, -0.1) is 11.8 Å². The predicted octanol–water partition coefficient (Wildman–Crippen LogP) is 5.27. The fourth-order valence-corrected chi connectivity index (χ4v) is 6.98. The molecule has 5 aromatic rings. The summed E-state index contributed by atoms with van der Waals surface area (Å²) in [6.45, 7) is 4.21. The number of pyridine rings is 1. The predicted molar refractivity (Wildman–Crippen MR) is 185 cm³/mol. The van der Waals surface area contributed by atoms with Crippen LogP contribution in [0.25, 0.3) is 10.9 Å². The summed E-state index contributed by atoms with van der Waals surface area (Å²) in [5, 5.41) is 13.9. The van der Waals surface area contributed by atoms with Crippen molar-refractivity contribution in [2.75, 3.05) is 38.5 Å². The van der Waals surface area contributed by atoms with Crippen LogP contribution in [-0.2, 0) is 9.53 Å². The van der Waals surface area contributed by atoms with E-state index in [1.54, 1.807) is 48.4 Å². The number of aromatic amines is 1. The molecule has 1 aliphatic heterocycles. The van der Waals surface area contributed by atoms with Crippen LogP contribution in [0.4, 0.5) is 0 Å². The number of amides is 2. The Kier molecular flexibility index (Phi) is 10.4. The number of hydrogen-bond donors (Lipinski definition) is 3. The maximum absolute atomic E-state index is 14.2. The zero-order chi connectivity index (χ0) is 33.5. The lowest BCUT2D eigenvalue weighted by Gasteiger charge is -2.40. The standard InChI is InChI=1S/C37H37N5O5S/c1-2-47-37(46)29-14-9-17-38-35(29)48-24-32(40-34(44)31-23-27-22-28(43)15-16-30(27)39-31)36(45)42-20-18-41(19-21-42)33(25-10-5-3-6-11-25)26-12-7-4-8-13-26/h3-17,22-23,32-33,39,43H,2,18-21,24H2,1H3,(H,40,44)/t32-/m0/s1. The van der Waals surface area contributed by atoms with E-state index in [9.17, 15) is 19.5 Å². The third-order valence-corrected chi connectivity index (χ3v) is 9.43. The van der Waals surface area contributed by atoms with Gasteiger partial charge in [0.25, 0.3) is 5.91 Å². The molecule has 10 nitrogen and oxygen atoms in total. The minimum atomic E-state index is -0.912. The number of aromatic nitrogens is 2. The monoisotopic (exact) mass is 663 g/mol. The van der Waals surface area contributed by atoms with E-state index in [1.165, 1.54) is 29.0 Å². The Morgan fingerprint density at radius 2 is 1.60 bits per heavy atom. The van der Waals surface area contributed by atoms with E-state index in [2.05, 4.69) is 44.5 Å². The molecule has 0 bridgehead atoms. The van der Waals surface area contributed by atoms with E-state index in [0.29, 0.717) is 47.7 Å². The number of hydrogen-bond acceptors (Lipinski definition) is 8. The Bertz CT molecular complexity index is 1840. The van der Waals surface area contributed by atoms with E-state index >= 15 is 0 Å². The summed E-state index contributed by atoms with van der Waals surface area (Å²) in [6.07, 6.45) is 1.58. The van der Waals surface area contributed by atoms with Crippen LogP contribution in [0, 0.1) is 0 Å². The molecule has 0 radical (unpaired) electrons. The van der Waals surface area contributed by atoms with Crippen molar-refractivity contribution in [1.82, 2.24) is 25.1 Å². The topological polar surface area (TPSA) is 128 Å². The van der Waals surface area contributed by atoms with Crippen molar-refractivity contribution in [2.24, 2.45) is 0 Å². The van der Waals surface area contributed by atoms with E-state index in [1.807, 2.05) is 36.4 Å². The van der Waals surface area contributed by atoms with Gasteiger partial charge in [0.15, 0.2) is 0 Å². The Morgan fingerprint density at radius 1 is 0.917 bits per heavy atom. The average Bonchev–Trinajstić information content (AvgIpc) is 3.55. The Hall–Kier alpha value is -5.13. The molecular formula is C37H37N5O5S. The summed E-state index contributed by atoms with van der Waals surface area (Å²) in [7, 11) is 0. The van der Waals surface area contributed by atoms with Gasteiger partial charge in [0.05, 0.1) is 18.2 Å². The number of nitrogens with one attached hydrogen (secondary N) is 2. The van der Waals surface area contributed by atoms with Crippen molar-refractivity contribution in [3.63, 3.8) is 0 Å². The molecule has 1 saturated heterocycles. The molecule has 246 valence electrons. The van der Waals surface area contributed by atoms with Crippen molar-refractivity contribution in [3.05, 3.63) is 126 Å². The first kappa shape index (κ1) is 32.8. The summed E-state index contributed by atoms with van der Waals surface area (Å²) >= 11 is 1.22. The lowest BCUT2D eigenvalue weighted by atomic mass is 9.96. The number of aromatic hydroxyl groups is 1. The first-order chi connectivity index (χ1) is 23.4. The third-order valence-electron chi connectivity index (χ3n) is 8.33. The summed E-state index contributed by atoms with van der Waals surface area (Å²) in [6, 6.07) is 29.6. The summed E-state index contributed by atoms with van der Waals surface area (Å²) in [5.41, 5.74) is 3.62. The second kappa shape index (κ2) is 15.2. The van der Waals surface area contributed by atoms with Crippen LogP contribution in [-0.4, -0.2) is 87.2 Å². The highest BCUT2D eigenvalue weighted by atomic mass is 32.2. The van der Waals surface area contributed by atoms with E-state index < -0.39 is 17.9 Å². The van der Waals surface area contributed by atoms with Gasteiger partial charge in [-0.05, 0) is 54.4 Å². The molecule has 0 saturated carbocycles. The van der Waals surface area contributed by atoms with Crippen LogP contribution in [0.15, 0.2) is 108 Å². The van der Waals surface area contributed by atoms with Gasteiger partial charge in [0.2, 0.25) is 5.91 Å². The van der Waals surface area contributed by atoms with Gasteiger partial charge in [0.1, 0.15) is 22.5 Å². The Morgan fingerprint density at radius 3 is 2.27 bits per heavy atom.